The third-order valence-electron chi connectivity index (χ3n) is 5.07. The fourth-order valence-electron chi connectivity index (χ4n) is 3.45. The molecule has 2 aromatic carbocycles. The van der Waals surface area contributed by atoms with Gasteiger partial charge >= 0.3 is 0 Å². The van der Waals surface area contributed by atoms with Crippen LogP contribution in [0, 0.1) is 11.2 Å². The molecule has 5 N–H and O–H groups in total. The summed E-state index contributed by atoms with van der Waals surface area (Å²) in [7, 11) is -3.97. The maximum atomic E-state index is 13.4. The zero-order chi connectivity index (χ0) is 22.3. The van der Waals surface area contributed by atoms with Crippen molar-refractivity contribution in [1.29, 1.82) is 5.41 Å². The van der Waals surface area contributed by atoms with Crippen LogP contribution in [0.1, 0.15) is 17.5 Å². The average Bonchev–Trinajstić information content (AvgIpc) is 3.28. The van der Waals surface area contributed by atoms with Gasteiger partial charge in [0, 0.05) is 28.9 Å². The van der Waals surface area contributed by atoms with Crippen molar-refractivity contribution >= 4 is 43.2 Å². The van der Waals surface area contributed by atoms with E-state index in [9.17, 15) is 22.7 Å². The Bertz CT molecular complexity index is 1310. The summed E-state index contributed by atoms with van der Waals surface area (Å²) in [6.07, 6.45) is 0.269. The second-order valence-corrected chi connectivity index (χ2v) is 10.3. The molecule has 1 aliphatic heterocycles. The van der Waals surface area contributed by atoms with Crippen molar-refractivity contribution in [3.8, 4) is 5.75 Å². The summed E-state index contributed by atoms with van der Waals surface area (Å²) < 4.78 is 41.9. The number of aromatic hydroxyl groups is 1. The van der Waals surface area contributed by atoms with Crippen LogP contribution < -0.4 is 10.5 Å². The maximum Gasteiger partial charge on any atom is 0.250 e. The number of benzene rings is 2. The molecule has 1 saturated heterocycles. The number of fused-ring (bicyclic) bond motifs is 1. The molecule has 11 heteroatoms. The lowest BCUT2D eigenvalue weighted by molar-refractivity contribution is -0.129. The molecule has 4 rings (SSSR count). The Kier molecular flexibility index (Phi) is 5.42. The molecule has 1 unspecified atom stereocenters. The lowest BCUT2D eigenvalue weighted by Gasteiger charge is -2.18. The predicted molar refractivity (Wildman–Crippen MR) is 115 cm³/mol. The molecule has 162 valence electrons. The molecule has 3 aromatic rings. The first-order chi connectivity index (χ1) is 14.6. The molecule has 8 nitrogen and oxygen atoms in total. The van der Waals surface area contributed by atoms with E-state index in [4.69, 9.17) is 11.1 Å². The number of hydrogen-bond donors (Lipinski definition) is 4. The highest BCUT2D eigenvalue weighted by molar-refractivity contribution is 7.91. The highest BCUT2D eigenvalue weighted by Gasteiger charge is 2.35. The number of phenolic OH excluding ortho intramolecular Hbond substituents is 1. The quantitative estimate of drug-likeness (QED) is 0.329. The summed E-state index contributed by atoms with van der Waals surface area (Å²) in [5.41, 5.74) is 6.30. The van der Waals surface area contributed by atoms with Crippen molar-refractivity contribution in [1.82, 2.24) is 9.62 Å². The van der Waals surface area contributed by atoms with Crippen molar-refractivity contribution in [2.24, 2.45) is 5.73 Å². The molecule has 1 aromatic heterocycles. The zero-order valence-electron chi connectivity index (χ0n) is 16.1. The Morgan fingerprint density at radius 2 is 2.06 bits per heavy atom. The summed E-state index contributed by atoms with van der Waals surface area (Å²) >= 11 is 0.932. The predicted octanol–water partition coefficient (Wildman–Crippen LogP) is 2.11. The van der Waals surface area contributed by atoms with Gasteiger partial charge in [-0.25, -0.2) is 12.8 Å². The molecule has 0 bridgehead atoms. The molecule has 0 spiro atoms. The Morgan fingerprint density at radius 1 is 1.29 bits per heavy atom. The number of nitrogens with zero attached hydrogens (tertiary/aromatic N) is 1. The van der Waals surface area contributed by atoms with Crippen molar-refractivity contribution in [2.75, 3.05) is 6.54 Å². The first kappa shape index (κ1) is 21.2. The van der Waals surface area contributed by atoms with Crippen LogP contribution >= 0.6 is 11.3 Å². The van der Waals surface area contributed by atoms with Crippen molar-refractivity contribution in [2.45, 2.75) is 23.2 Å². The lowest BCUT2D eigenvalue weighted by atomic mass is 10.1. The summed E-state index contributed by atoms with van der Waals surface area (Å²) in [6, 6.07) is 8.97. The SMILES string of the molecule is N=C(N)c1ccc(O)c(CN2CCC(NS(=O)(=O)c3cc4ccc(F)cc4s3)C2=O)c1. The number of likely N-dealkylation sites (tertiary alicyclic amines) is 1. The standard InChI is InChI=1S/C20H19FN4O4S2/c21-14-3-1-11-8-18(30-17(11)9-14)31(28,29)24-15-5-6-25(20(15)27)10-13-7-12(19(22)23)2-4-16(13)26/h1-4,7-9,15,24,26H,5-6,10H2,(H3,22,23). The third kappa shape index (κ3) is 4.24. The number of nitrogens with two attached hydrogens (primary N) is 1. The highest BCUT2D eigenvalue weighted by atomic mass is 32.2. The minimum atomic E-state index is -3.97. The summed E-state index contributed by atoms with van der Waals surface area (Å²) in [6.45, 7) is 0.361. The van der Waals surface area contributed by atoms with Gasteiger partial charge in [-0.3, -0.25) is 10.2 Å². The first-order valence-corrected chi connectivity index (χ1v) is 11.6. The van der Waals surface area contributed by atoms with Crippen LogP contribution in [0.3, 0.4) is 0 Å². The third-order valence-corrected chi connectivity index (χ3v) is 8.11. The van der Waals surface area contributed by atoms with Gasteiger partial charge in [-0.1, -0.05) is 6.07 Å². The van der Waals surface area contributed by atoms with E-state index in [1.54, 1.807) is 0 Å². The van der Waals surface area contributed by atoms with Crippen LogP contribution in [0.2, 0.25) is 0 Å². The zero-order valence-corrected chi connectivity index (χ0v) is 17.8. The van der Waals surface area contributed by atoms with E-state index in [1.807, 2.05) is 0 Å². The minimum absolute atomic E-state index is 0.00570. The summed E-state index contributed by atoms with van der Waals surface area (Å²) in [4.78, 5) is 14.2. The van der Waals surface area contributed by atoms with E-state index >= 15 is 0 Å². The fourth-order valence-corrected chi connectivity index (χ4v) is 6.11. The number of nitrogens with one attached hydrogen (secondary N) is 2. The van der Waals surface area contributed by atoms with E-state index < -0.39 is 27.8 Å². The average molecular weight is 463 g/mol. The molecule has 0 saturated carbocycles. The van der Waals surface area contributed by atoms with Crippen LogP contribution in [-0.2, 0) is 21.4 Å². The Morgan fingerprint density at radius 3 is 2.81 bits per heavy atom. The van der Waals surface area contributed by atoms with Gasteiger partial charge in [-0.15, -0.1) is 11.3 Å². The van der Waals surface area contributed by atoms with Crippen molar-refractivity contribution in [3.63, 3.8) is 0 Å². The molecule has 0 radical (unpaired) electrons. The Labute approximate surface area is 181 Å². The van der Waals surface area contributed by atoms with Crippen molar-refractivity contribution in [3.05, 3.63) is 59.4 Å². The van der Waals surface area contributed by atoms with E-state index in [0.29, 0.717) is 27.8 Å². The number of phenols is 1. The fraction of sp³-hybridized carbons (Fsp3) is 0.200. The van der Waals surface area contributed by atoms with Crippen LogP contribution in [0.4, 0.5) is 4.39 Å². The number of thiophene rings is 1. The number of rotatable bonds is 6. The topological polar surface area (TPSA) is 137 Å². The molecule has 1 fully saturated rings. The first-order valence-electron chi connectivity index (χ1n) is 9.30. The Balaban J connectivity index is 1.50. The summed E-state index contributed by atoms with van der Waals surface area (Å²) in [5, 5.41) is 18.2. The highest BCUT2D eigenvalue weighted by Crippen LogP contribution is 2.30. The van der Waals surface area contributed by atoms with E-state index in [2.05, 4.69) is 4.72 Å². The largest absolute Gasteiger partial charge is 0.508 e. The second kappa shape index (κ2) is 7.91. The second-order valence-electron chi connectivity index (χ2n) is 7.23. The van der Waals surface area contributed by atoms with Gasteiger partial charge < -0.3 is 15.7 Å². The minimum Gasteiger partial charge on any atom is -0.508 e. The molecule has 0 aliphatic carbocycles. The molecule has 31 heavy (non-hydrogen) atoms. The van der Waals surface area contributed by atoms with Gasteiger partial charge in [0.25, 0.3) is 10.0 Å². The number of halogens is 1. The number of amidine groups is 1. The molecule has 2 heterocycles. The number of nitrogen functional groups attached to an aromatic ring is 1. The van der Waals surface area contributed by atoms with Gasteiger partial charge in [0.2, 0.25) is 5.91 Å². The molecule has 1 aliphatic rings. The van der Waals surface area contributed by atoms with Gasteiger partial charge in [-0.05, 0) is 48.2 Å². The van der Waals surface area contributed by atoms with Crippen LogP contribution in [0.15, 0.2) is 46.7 Å². The smallest absolute Gasteiger partial charge is 0.250 e. The number of sulfonamides is 1. The molecule has 1 atom stereocenters. The molecule has 1 amide bonds. The van der Waals surface area contributed by atoms with E-state index in [0.717, 1.165) is 11.3 Å². The maximum absolute atomic E-state index is 13.4. The van der Waals surface area contributed by atoms with Crippen LogP contribution in [0.25, 0.3) is 10.1 Å². The van der Waals surface area contributed by atoms with E-state index in [1.165, 1.54) is 47.4 Å². The number of amides is 1. The molecular weight excluding hydrogens is 443 g/mol. The van der Waals surface area contributed by atoms with Gasteiger partial charge in [0.15, 0.2) is 0 Å². The van der Waals surface area contributed by atoms with Gasteiger partial charge in [-0.2, -0.15) is 4.72 Å². The normalized spacial score (nSPS) is 16.9. The van der Waals surface area contributed by atoms with Gasteiger partial charge in [0.1, 0.15) is 27.7 Å². The summed E-state index contributed by atoms with van der Waals surface area (Å²) in [5.74, 6) is -1.07. The lowest BCUT2D eigenvalue weighted by Crippen LogP contribution is -2.41. The number of carbonyl (C=O) groups excluding carboxylic acids is 1. The number of hydrogen-bond acceptors (Lipinski definition) is 6. The monoisotopic (exact) mass is 462 g/mol. The van der Waals surface area contributed by atoms with Crippen LogP contribution in [-0.4, -0.2) is 42.8 Å². The Hall–Kier alpha value is -3.02. The van der Waals surface area contributed by atoms with E-state index in [-0.39, 0.29) is 28.8 Å². The van der Waals surface area contributed by atoms with Gasteiger partial charge in [0.05, 0.1) is 0 Å². The van der Waals surface area contributed by atoms with Crippen molar-refractivity contribution < 1.29 is 22.7 Å². The number of carbonyl (C=O) groups is 1. The molecular formula is C20H19FN4O4S2. The van der Waals surface area contributed by atoms with Crippen LogP contribution in [0.5, 0.6) is 5.75 Å².